The minimum atomic E-state index is -0.854. The molecule has 0 spiro atoms. The number of likely N-dealkylation sites (N-methyl/N-ethyl adjacent to an activating group) is 1. The number of piperazine rings is 3. The molecule has 4 aromatic heterocycles. The van der Waals surface area contributed by atoms with Crippen molar-refractivity contribution in [3.63, 3.8) is 0 Å². The summed E-state index contributed by atoms with van der Waals surface area (Å²) < 4.78 is 88.5. The molecule has 0 aliphatic carbocycles. The van der Waals surface area contributed by atoms with E-state index in [9.17, 15) is 55.9 Å². The first-order chi connectivity index (χ1) is 58.3. The van der Waals surface area contributed by atoms with E-state index in [0.29, 0.717) is 125 Å². The number of thiazole rings is 4. The summed E-state index contributed by atoms with van der Waals surface area (Å²) in [5.41, 5.74) is 6.31. The minimum absolute atomic E-state index is 0.0218. The maximum Gasteiger partial charge on any atom is 0.338 e. The number of esters is 5. The van der Waals surface area contributed by atoms with Gasteiger partial charge in [-0.1, -0.05) is 88.0 Å². The molecule has 4 fully saturated rings. The molecule has 4 atom stereocenters. The number of methoxy groups -OCH3 is 1. The van der Waals surface area contributed by atoms with Gasteiger partial charge in [-0.15, -0.1) is 45.3 Å². The highest BCUT2D eigenvalue weighted by atomic mass is 79.9. The fraction of sp³-hybridized carbons (Fsp3) is 0.300. The van der Waals surface area contributed by atoms with Crippen molar-refractivity contribution in [3.05, 3.63) is 248 Å². The number of fused-ring (bicyclic) bond motifs is 4. The molecule has 41 heteroatoms. The van der Waals surface area contributed by atoms with Gasteiger partial charge in [0, 0.05) is 83.4 Å². The van der Waals surface area contributed by atoms with Crippen LogP contribution >= 0.6 is 109 Å². The Labute approximate surface area is 738 Å². The summed E-state index contributed by atoms with van der Waals surface area (Å²) in [6.45, 7) is 8.46. The maximum atomic E-state index is 13.8. The van der Waals surface area contributed by atoms with Gasteiger partial charge in [0.05, 0.1) is 99.2 Å². The van der Waals surface area contributed by atoms with Crippen LogP contribution in [0.3, 0.4) is 0 Å². The summed E-state index contributed by atoms with van der Waals surface area (Å²) >= 11 is 19.2. The van der Waals surface area contributed by atoms with Crippen molar-refractivity contribution in [2.75, 3.05) is 99.7 Å². The zero-order chi connectivity index (χ0) is 86.0. The highest BCUT2D eigenvalue weighted by Crippen LogP contribution is 2.46. The van der Waals surface area contributed by atoms with Crippen molar-refractivity contribution in [1.82, 2.24) is 54.7 Å². The van der Waals surface area contributed by atoms with Crippen LogP contribution in [-0.4, -0.2) is 220 Å². The molecule has 630 valence electrons. The molecule has 0 radical (unpaired) electrons. The largest absolute Gasteiger partial charge is 0.468 e. The van der Waals surface area contributed by atoms with Crippen LogP contribution < -0.4 is 5.32 Å². The number of amidine groups is 4. The van der Waals surface area contributed by atoms with E-state index >= 15 is 0 Å². The zero-order valence-corrected chi connectivity index (χ0v) is 74.5. The van der Waals surface area contributed by atoms with Crippen LogP contribution in [0, 0.1) is 23.3 Å². The number of carbonyl (C=O) groups excluding carboxylic acids is 8. The van der Waals surface area contributed by atoms with E-state index in [0.717, 1.165) is 10.7 Å². The van der Waals surface area contributed by atoms with Gasteiger partial charge in [0.15, 0.2) is 43.4 Å². The van der Waals surface area contributed by atoms with Crippen molar-refractivity contribution >= 4 is 180 Å². The number of amides is 3. The van der Waals surface area contributed by atoms with Gasteiger partial charge in [-0.2, -0.15) is 0 Å². The third-order valence-corrected chi connectivity index (χ3v) is 25.1. The average Bonchev–Trinajstić information content (AvgIpc) is 1.61. The standard InChI is InChI=1S/C22H20BrFN4O5S.C20H18BrFN4O3S.C19H16BrFN4O3S.C19H17BrFN3O3S/c1-3-33-22(31)18-15-9-27(11-17(30)32-2)16(29)10-28(15)20(21-25-6-7-34-21)26-19(18)13-5-4-12(24)8-14(13)23;1-3-29-20(28)16-14-9-25(2)15(27)10-26(14)18(19-23-6-7-30-19)24-17(16)12-5-4-11(22)8-13(12)21;1-2-28-19(27)15-13-8-23-14(26)9-25(13)17(18-22-5-6-29-18)24-16(15)11-4-3-10(21)7-12(11)20;1-2-27-19(25)15-14-5-7-26-10-24(14)17(18-22-6-8-28-18)23-16(15)12-4-3-11(21)9-13(12)20/h4-8,19H,3,9-11H2,1-2H3;4-8,17H,3,9-10H2,1-2H3;3-7,16H,2,8-9H2,1H3,(H,23,26);3-4,6,8-9,16H,2,5,7,10H2,1H3/t19-;;;/m0.../s1. The quantitative estimate of drug-likeness (QED) is 0.0474. The fourth-order valence-corrected chi connectivity index (χ4v) is 18.7. The molecule has 8 aromatic rings. The minimum Gasteiger partial charge on any atom is -0.468 e. The fourth-order valence-electron chi connectivity index (χ4n) is 13.9. The van der Waals surface area contributed by atoms with Gasteiger partial charge in [-0.3, -0.25) is 39.1 Å². The van der Waals surface area contributed by atoms with Crippen LogP contribution in [0.25, 0.3) is 0 Å². The molecule has 3 amide bonds. The van der Waals surface area contributed by atoms with Gasteiger partial charge >= 0.3 is 29.8 Å². The van der Waals surface area contributed by atoms with E-state index in [2.05, 4.69) is 89.0 Å². The smallest absolute Gasteiger partial charge is 0.338 e. The normalized spacial score (nSPS) is 18.7. The van der Waals surface area contributed by atoms with Crippen LogP contribution in [0.15, 0.2) is 202 Å². The number of halogens is 8. The first-order valence-corrected chi connectivity index (χ1v) is 43.9. The molecule has 1 N–H and O–H groups in total. The number of nitrogens with one attached hydrogen (secondary N) is 1. The molecule has 29 nitrogen and oxygen atoms in total. The lowest BCUT2D eigenvalue weighted by Gasteiger charge is -2.41. The van der Waals surface area contributed by atoms with E-state index in [1.54, 1.807) is 109 Å². The SMILES string of the molecule is CCOC(=O)C1=C2CCOCN2C(c2nccs2)=NC1c1ccc(F)cc1Br.CCOC(=O)C1=C2CN(C)C(=O)CN2C(c2nccs2)=NC1c1ccc(F)cc1Br.CCOC(=O)C1=C2CN(CC(=O)OC)C(=O)CN2C(c2nccs2)=N[C@H]1c1ccc(F)cc1Br.CCOC(=O)C1=C2CNC(=O)CN2C(c2nccs2)=NC1c1ccc(F)cc1Br. The number of rotatable bonds is 18. The number of hydrogen-bond acceptors (Lipinski definition) is 30. The van der Waals surface area contributed by atoms with Crippen LogP contribution in [0.2, 0.25) is 0 Å². The van der Waals surface area contributed by atoms with E-state index in [1.807, 2.05) is 21.0 Å². The number of aliphatic imine (C=N–C) groups is 4. The lowest BCUT2D eigenvalue weighted by molar-refractivity contribution is -0.147. The van der Waals surface area contributed by atoms with Gasteiger partial charge in [-0.25, -0.2) is 56.7 Å². The Bertz CT molecular complexity index is 5620. The Morgan fingerprint density at radius 1 is 0.463 bits per heavy atom. The first-order valence-electron chi connectivity index (χ1n) is 37.2. The van der Waals surface area contributed by atoms with Crippen LogP contribution in [0.5, 0.6) is 0 Å². The number of carbonyl (C=O) groups is 8. The Hall–Kier alpha value is -10.4. The average molecular weight is 1990 g/mol. The number of ether oxygens (including phenoxy) is 6. The zero-order valence-electron chi connectivity index (χ0n) is 64.9. The highest BCUT2D eigenvalue weighted by molar-refractivity contribution is 9.11. The van der Waals surface area contributed by atoms with E-state index in [4.69, 9.17) is 48.4 Å². The van der Waals surface area contributed by atoms with Gasteiger partial charge in [0.1, 0.15) is 80.3 Å². The molecule has 3 unspecified atom stereocenters. The summed E-state index contributed by atoms with van der Waals surface area (Å²) in [5.74, 6) is -2.82. The van der Waals surface area contributed by atoms with Gasteiger partial charge in [0.2, 0.25) is 17.7 Å². The van der Waals surface area contributed by atoms with Crippen LogP contribution in [0.4, 0.5) is 17.6 Å². The molecule has 16 rings (SSSR count). The second kappa shape index (κ2) is 39.6. The van der Waals surface area contributed by atoms with Crippen LogP contribution in [-0.2, 0) is 66.8 Å². The topological polar surface area (TPSA) is 324 Å². The lowest BCUT2D eigenvalue weighted by atomic mass is 9.93. The predicted octanol–water partition coefficient (Wildman–Crippen LogP) is 12.7. The molecule has 8 aliphatic rings. The van der Waals surface area contributed by atoms with E-state index in [1.165, 1.54) is 106 Å². The Kier molecular flexibility index (Phi) is 28.9. The summed E-state index contributed by atoms with van der Waals surface area (Å²) in [7, 11) is 2.93. The van der Waals surface area contributed by atoms with Crippen molar-refractivity contribution in [3.8, 4) is 0 Å². The number of aromatic nitrogens is 4. The molecule has 12 heterocycles. The molecular formula is C80H71Br4F4N15O14S4. The molecular weight excluding hydrogens is 1920 g/mol. The first kappa shape index (κ1) is 88.4. The highest BCUT2D eigenvalue weighted by Gasteiger charge is 2.47. The van der Waals surface area contributed by atoms with E-state index in [-0.39, 0.29) is 108 Å². The van der Waals surface area contributed by atoms with Crippen molar-refractivity contribution < 1.29 is 84.3 Å². The molecule has 4 saturated heterocycles. The molecule has 121 heavy (non-hydrogen) atoms. The second-order valence-electron chi connectivity index (χ2n) is 26.6. The summed E-state index contributed by atoms with van der Waals surface area (Å²) in [5, 5.41) is 12.6. The Balaban J connectivity index is 0.000000140. The Morgan fingerprint density at radius 3 is 1.15 bits per heavy atom. The number of hydrogen-bond donors (Lipinski definition) is 1. The molecule has 0 bridgehead atoms. The summed E-state index contributed by atoms with van der Waals surface area (Å²) in [4.78, 5) is 148. The predicted molar refractivity (Wildman–Crippen MR) is 453 cm³/mol. The van der Waals surface area contributed by atoms with Gasteiger partial charge in [0.25, 0.3) is 0 Å². The molecule has 4 aromatic carbocycles. The third-order valence-electron chi connectivity index (χ3n) is 19.3. The summed E-state index contributed by atoms with van der Waals surface area (Å²) in [6, 6.07) is 14.1. The number of nitrogens with zero attached hydrogens (tertiary/aromatic N) is 14. The Morgan fingerprint density at radius 2 is 0.802 bits per heavy atom. The van der Waals surface area contributed by atoms with Crippen molar-refractivity contribution in [2.45, 2.75) is 58.3 Å². The van der Waals surface area contributed by atoms with Crippen LogP contribution in [0.1, 0.15) is 101 Å². The number of benzene rings is 4. The third kappa shape index (κ3) is 19.4. The second-order valence-corrected chi connectivity index (χ2v) is 33.6. The summed E-state index contributed by atoms with van der Waals surface area (Å²) in [6.07, 6.45) is 7.19. The maximum absolute atomic E-state index is 13.8. The van der Waals surface area contributed by atoms with Crippen molar-refractivity contribution in [1.29, 1.82) is 0 Å². The molecule has 0 saturated carbocycles. The van der Waals surface area contributed by atoms with E-state index < -0.39 is 71.5 Å². The van der Waals surface area contributed by atoms with Gasteiger partial charge < -0.3 is 63.1 Å². The van der Waals surface area contributed by atoms with Gasteiger partial charge in [-0.05, 0) is 98.5 Å². The molecule has 8 aliphatic heterocycles. The monoisotopic (exact) mass is 1990 g/mol. The lowest BCUT2D eigenvalue weighted by Crippen LogP contribution is -2.54. The van der Waals surface area contributed by atoms with Crippen molar-refractivity contribution in [2.24, 2.45) is 20.0 Å².